The summed E-state index contributed by atoms with van der Waals surface area (Å²) in [6.45, 7) is 1.77. The van der Waals surface area contributed by atoms with Crippen molar-refractivity contribution >= 4 is 21.7 Å². The lowest BCUT2D eigenvalue weighted by Gasteiger charge is -2.14. The molecule has 6 nitrogen and oxygen atoms in total. The molecule has 2 N–H and O–H groups in total. The predicted molar refractivity (Wildman–Crippen MR) is 73.9 cm³/mol. The molecule has 0 aliphatic heterocycles. The van der Waals surface area contributed by atoms with Crippen LogP contribution in [0.4, 0.5) is 11.6 Å². The third kappa shape index (κ3) is 2.77. The molecule has 102 valence electrons. The number of anilines is 2. The van der Waals surface area contributed by atoms with E-state index >= 15 is 0 Å². The third-order valence-corrected chi connectivity index (χ3v) is 4.66. The van der Waals surface area contributed by atoms with Crippen molar-refractivity contribution in [3.05, 3.63) is 36.2 Å². The minimum Gasteiger partial charge on any atom is -0.331 e. The normalized spacial score (nSPS) is 11.8. The van der Waals surface area contributed by atoms with E-state index in [1.165, 1.54) is 18.4 Å². The van der Waals surface area contributed by atoms with Crippen LogP contribution in [0.25, 0.3) is 0 Å². The molecule has 2 rings (SSSR count). The zero-order chi connectivity index (χ0) is 14.0. The van der Waals surface area contributed by atoms with Crippen molar-refractivity contribution in [3.63, 3.8) is 0 Å². The number of aryl methyl sites for hydroxylation is 1. The van der Waals surface area contributed by atoms with Gasteiger partial charge in [0.15, 0.2) is 0 Å². The zero-order valence-corrected chi connectivity index (χ0v) is 11.8. The molecule has 1 aromatic heterocycles. The van der Waals surface area contributed by atoms with Crippen LogP contribution in [-0.2, 0) is 10.0 Å². The van der Waals surface area contributed by atoms with Crippen molar-refractivity contribution in [3.8, 4) is 0 Å². The van der Waals surface area contributed by atoms with E-state index in [1.807, 2.05) is 6.07 Å². The van der Waals surface area contributed by atoms with Gasteiger partial charge in [-0.05, 0) is 24.6 Å². The highest BCUT2D eigenvalue weighted by Crippen LogP contribution is 2.23. The second-order valence-electron chi connectivity index (χ2n) is 4.33. The van der Waals surface area contributed by atoms with Crippen molar-refractivity contribution in [2.45, 2.75) is 11.8 Å². The van der Waals surface area contributed by atoms with Crippen molar-refractivity contribution < 1.29 is 8.42 Å². The zero-order valence-electron chi connectivity index (χ0n) is 11.0. The molecule has 1 aromatic carbocycles. The quantitative estimate of drug-likeness (QED) is 0.893. The van der Waals surface area contributed by atoms with Crippen LogP contribution >= 0.6 is 0 Å². The second-order valence-corrected chi connectivity index (χ2v) is 6.45. The average molecular weight is 280 g/mol. The summed E-state index contributed by atoms with van der Waals surface area (Å²) in [4.78, 5) is 7.22. The van der Waals surface area contributed by atoms with Gasteiger partial charge in [0.2, 0.25) is 16.0 Å². The number of H-pyrrole nitrogens is 1. The smallest absolute Gasteiger partial charge is 0.242 e. The minimum atomic E-state index is -3.45. The molecule has 0 amide bonds. The molecular formula is C12H16N4O2S. The molecule has 0 bridgehead atoms. The molecule has 19 heavy (non-hydrogen) atoms. The fraction of sp³-hybridized carbons (Fsp3) is 0.250. The Morgan fingerprint density at radius 1 is 1.32 bits per heavy atom. The van der Waals surface area contributed by atoms with Gasteiger partial charge >= 0.3 is 0 Å². The van der Waals surface area contributed by atoms with Crippen LogP contribution in [0.2, 0.25) is 0 Å². The summed E-state index contributed by atoms with van der Waals surface area (Å²) in [6, 6.07) is 5.18. The van der Waals surface area contributed by atoms with Crippen LogP contribution in [0.15, 0.2) is 35.5 Å². The highest BCUT2D eigenvalue weighted by molar-refractivity contribution is 7.89. The maximum atomic E-state index is 12.2. The first-order valence-corrected chi connectivity index (χ1v) is 7.15. The van der Waals surface area contributed by atoms with Crippen molar-refractivity contribution in [1.82, 2.24) is 14.3 Å². The molecule has 0 atom stereocenters. The first-order valence-electron chi connectivity index (χ1n) is 5.71. The first kappa shape index (κ1) is 13.6. The van der Waals surface area contributed by atoms with Gasteiger partial charge in [-0.2, -0.15) is 0 Å². The van der Waals surface area contributed by atoms with Gasteiger partial charge in [0, 0.05) is 32.2 Å². The molecule has 0 unspecified atom stereocenters. The monoisotopic (exact) mass is 280 g/mol. The summed E-state index contributed by atoms with van der Waals surface area (Å²) in [5.41, 5.74) is 1.37. The van der Waals surface area contributed by atoms with Crippen LogP contribution in [0, 0.1) is 6.92 Å². The minimum absolute atomic E-state index is 0.286. The predicted octanol–water partition coefficient (Wildman–Crippen LogP) is 1.71. The van der Waals surface area contributed by atoms with Gasteiger partial charge in [-0.1, -0.05) is 6.07 Å². The summed E-state index contributed by atoms with van der Waals surface area (Å²) in [5, 5.41) is 3.01. The Morgan fingerprint density at radius 2 is 2.05 bits per heavy atom. The van der Waals surface area contributed by atoms with Crippen LogP contribution < -0.4 is 5.32 Å². The number of nitrogens with zero attached hydrogens (tertiary/aromatic N) is 2. The van der Waals surface area contributed by atoms with E-state index < -0.39 is 10.0 Å². The van der Waals surface area contributed by atoms with Gasteiger partial charge in [0.1, 0.15) is 0 Å². The van der Waals surface area contributed by atoms with E-state index in [9.17, 15) is 8.42 Å². The summed E-state index contributed by atoms with van der Waals surface area (Å²) in [5.74, 6) is 0.567. The molecule has 2 aromatic rings. The molecule has 7 heteroatoms. The van der Waals surface area contributed by atoms with E-state index in [0.29, 0.717) is 17.2 Å². The van der Waals surface area contributed by atoms with Gasteiger partial charge < -0.3 is 10.3 Å². The molecule has 0 fully saturated rings. The third-order valence-electron chi connectivity index (χ3n) is 2.71. The summed E-state index contributed by atoms with van der Waals surface area (Å²) in [6.07, 6.45) is 3.31. The van der Waals surface area contributed by atoms with E-state index in [2.05, 4.69) is 15.3 Å². The van der Waals surface area contributed by atoms with Crippen molar-refractivity contribution in [2.75, 3.05) is 19.4 Å². The van der Waals surface area contributed by atoms with Gasteiger partial charge in [0.25, 0.3) is 0 Å². The lowest BCUT2D eigenvalue weighted by atomic mass is 10.2. The maximum absolute atomic E-state index is 12.2. The molecule has 1 heterocycles. The number of aromatic nitrogens is 2. The largest absolute Gasteiger partial charge is 0.331 e. The summed E-state index contributed by atoms with van der Waals surface area (Å²) >= 11 is 0. The molecule has 0 aliphatic rings. The molecular weight excluding hydrogens is 264 g/mol. The average Bonchev–Trinajstić information content (AvgIpc) is 2.84. The van der Waals surface area contributed by atoms with E-state index in [4.69, 9.17) is 0 Å². The van der Waals surface area contributed by atoms with Crippen molar-refractivity contribution in [1.29, 1.82) is 0 Å². The fourth-order valence-corrected chi connectivity index (χ4v) is 2.77. The molecule has 0 saturated carbocycles. The van der Waals surface area contributed by atoms with Crippen LogP contribution in [-0.4, -0.2) is 36.8 Å². The fourth-order valence-electron chi connectivity index (χ4n) is 1.62. The Hall–Kier alpha value is -1.86. The highest BCUT2D eigenvalue weighted by atomic mass is 32.2. The van der Waals surface area contributed by atoms with Gasteiger partial charge in [0.05, 0.1) is 4.90 Å². The second kappa shape index (κ2) is 5.02. The Bertz CT molecular complexity index is 663. The molecule has 0 spiro atoms. The summed E-state index contributed by atoms with van der Waals surface area (Å²) < 4.78 is 25.6. The van der Waals surface area contributed by atoms with E-state index in [-0.39, 0.29) is 4.90 Å². The van der Waals surface area contributed by atoms with Gasteiger partial charge in [-0.3, -0.25) is 0 Å². The number of rotatable bonds is 4. The lowest BCUT2D eigenvalue weighted by molar-refractivity contribution is 0.520. The van der Waals surface area contributed by atoms with Crippen LogP contribution in [0.1, 0.15) is 5.56 Å². The Kier molecular flexibility index (Phi) is 3.59. The number of benzene rings is 1. The number of aromatic amines is 1. The van der Waals surface area contributed by atoms with E-state index in [1.54, 1.807) is 31.5 Å². The van der Waals surface area contributed by atoms with Crippen LogP contribution in [0.3, 0.4) is 0 Å². The number of nitrogens with one attached hydrogen (secondary N) is 2. The molecule has 0 aliphatic carbocycles. The number of hydrogen-bond acceptors (Lipinski definition) is 4. The number of hydrogen-bond donors (Lipinski definition) is 2. The van der Waals surface area contributed by atoms with Crippen molar-refractivity contribution in [2.24, 2.45) is 0 Å². The number of sulfonamides is 1. The van der Waals surface area contributed by atoms with Gasteiger partial charge in [-0.25, -0.2) is 17.7 Å². The van der Waals surface area contributed by atoms with Gasteiger partial charge in [-0.15, -0.1) is 0 Å². The Morgan fingerprint density at radius 3 is 2.63 bits per heavy atom. The Balaban J connectivity index is 2.41. The summed E-state index contributed by atoms with van der Waals surface area (Å²) in [7, 11) is -0.416. The Labute approximate surface area is 112 Å². The lowest BCUT2D eigenvalue weighted by Crippen LogP contribution is -2.23. The standard InChI is InChI=1S/C12H16N4O2S/c1-9-4-5-10(15-12-13-6-7-14-12)8-11(9)19(17,18)16(2)3/h4-8H,1-3H3,(H2,13,14,15). The highest BCUT2D eigenvalue weighted by Gasteiger charge is 2.20. The first-order chi connectivity index (χ1) is 8.91. The molecule has 0 saturated heterocycles. The maximum Gasteiger partial charge on any atom is 0.242 e. The molecule has 0 radical (unpaired) electrons. The topological polar surface area (TPSA) is 78.1 Å². The van der Waals surface area contributed by atoms with Crippen LogP contribution in [0.5, 0.6) is 0 Å². The SMILES string of the molecule is Cc1ccc(Nc2ncc[nH]2)cc1S(=O)(=O)N(C)C. The number of imidazole rings is 1. The van der Waals surface area contributed by atoms with E-state index in [0.717, 1.165) is 0 Å².